The number of H-pyrrole nitrogens is 1. The average Bonchev–Trinajstić information content (AvgIpc) is 3.26. The molecule has 0 fully saturated rings. The van der Waals surface area contributed by atoms with Gasteiger partial charge in [-0.15, -0.1) is 0 Å². The summed E-state index contributed by atoms with van der Waals surface area (Å²) in [6.07, 6.45) is 1.88. The lowest BCUT2D eigenvalue weighted by molar-refractivity contribution is 0.102. The predicted molar refractivity (Wildman–Crippen MR) is 125 cm³/mol. The van der Waals surface area contributed by atoms with E-state index < -0.39 is 0 Å². The van der Waals surface area contributed by atoms with E-state index >= 15 is 0 Å². The van der Waals surface area contributed by atoms with Crippen LogP contribution in [0.2, 0.25) is 0 Å². The molecule has 6 heteroatoms. The highest BCUT2D eigenvalue weighted by Gasteiger charge is 2.31. The summed E-state index contributed by atoms with van der Waals surface area (Å²) in [5, 5.41) is 11.0. The Morgan fingerprint density at radius 2 is 1.90 bits per heavy atom. The number of fused-ring (bicyclic) bond motifs is 2. The van der Waals surface area contributed by atoms with Crippen molar-refractivity contribution in [3.8, 4) is 5.75 Å². The molecule has 31 heavy (non-hydrogen) atoms. The number of para-hydroxylation sites is 1. The minimum absolute atomic E-state index is 0.158. The first kappa shape index (κ1) is 19.1. The number of benzene rings is 3. The second-order valence-corrected chi connectivity index (χ2v) is 8.14. The van der Waals surface area contributed by atoms with Crippen LogP contribution in [-0.2, 0) is 0 Å². The summed E-state index contributed by atoms with van der Waals surface area (Å²) in [7, 11) is 0. The fourth-order valence-corrected chi connectivity index (χ4v) is 3.78. The number of carbonyl (C=O) groups is 1. The standard InChI is InChI=1S/C25H24N4O2/c1-25(15-27-19-5-3-2-4-6-19)16-31-23-10-7-18(14-22(23)29-25)24(30)28-20-8-9-21-17(13-20)11-12-26-21/h2-14,26-27,29H,15-16H2,1H3,(H,28,30). The van der Waals surface area contributed by atoms with Gasteiger partial charge in [-0.3, -0.25) is 4.79 Å². The second-order valence-electron chi connectivity index (χ2n) is 8.14. The van der Waals surface area contributed by atoms with Crippen LogP contribution in [0.1, 0.15) is 17.3 Å². The number of carbonyl (C=O) groups excluding carboxylic acids is 1. The van der Waals surface area contributed by atoms with Gasteiger partial charge in [0.25, 0.3) is 5.91 Å². The number of rotatable bonds is 5. The van der Waals surface area contributed by atoms with Crippen LogP contribution in [0.25, 0.3) is 10.9 Å². The minimum atomic E-state index is -0.308. The van der Waals surface area contributed by atoms with Crippen LogP contribution in [-0.4, -0.2) is 29.6 Å². The number of nitrogens with one attached hydrogen (secondary N) is 4. The van der Waals surface area contributed by atoms with Crippen molar-refractivity contribution < 1.29 is 9.53 Å². The maximum absolute atomic E-state index is 12.8. The van der Waals surface area contributed by atoms with Gasteiger partial charge < -0.3 is 25.7 Å². The minimum Gasteiger partial charge on any atom is -0.489 e. The van der Waals surface area contributed by atoms with Gasteiger partial charge in [-0.2, -0.15) is 0 Å². The van der Waals surface area contributed by atoms with Crippen LogP contribution in [0.5, 0.6) is 5.75 Å². The zero-order chi connectivity index (χ0) is 21.3. The molecule has 0 radical (unpaired) electrons. The summed E-state index contributed by atoms with van der Waals surface area (Å²) in [6.45, 7) is 3.32. The van der Waals surface area contributed by atoms with Crippen molar-refractivity contribution in [3.63, 3.8) is 0 Å². The van der Waals surface area contributed by atoms with Gasteiger partial charge >= 0.3 is 0 Å². The van der Waals surface area contributed by atoms with Crippen LogP contribution >= 0.6 is 0 Å². The number of anilines is 3. The van der Waals surface area contributed by atoms with Gasteiger partial charge in [-0.1, -0.05) is 18.2 Å². The Morgan fingerprint density at radius 3 is 2.77 bits per heavy atom. The number of ether oxygens (including phenoxy) is 1. The van der Waals surface area contributed by atoms with Crippen molar-refractivity contribution >= 4 is 33.9 Å². The first-order valence-electron chi connectivity index (χ1n) is 10.3. The van der Waals surface area contributed by atoms with Gasteiger partial charge in [-0.05, 0) is 61.5 Å². The molecule has 0 saturated carbocycles. The van der Waals surface area contributed by atoms with E-state index in [-0.39, 0.29) is 11.4 Å². The fraction of sp³-hybridized carbons (Fsp3) is 0.160. The molecule has 0 spiro atoms. The lowest BCUT2D eigenvalue weighted by atomic mass is 10.00. The monoisotopic (exact) mass is 412 g/mol. The molecule has 3 aromatic carbocycles. The molecule has 0 saturated heterocycles. The third-order valence-corrected chi connectivity index (χ3v) is 5.49. The lowest BCUT2D eigenvalue weighted by Gasteiger charge is -2.37. The summed E-state index contributed by atoms with van der Waals surface area (Å²) < 4.78 is 5.98. The van der Waals surface area contributed by atoms with Crippen molar-refractivity contribution in [2.24, 2.45) is 0 Å². The molecular weight excluding hydrogens is 388 g/mol. The first-order valence-corrected chi connectivity index (χ1v) is 10.3. The quantitative estimate of drug-likeness (QED) is 0.368. The van der Waals surface area contributed by atoms with Gasteiger partial charge in [0.05, 0.1) is 11.2 Å². The molecule has 5 rings (SSSR count). The molecule has 1 unspecified atom stereocenters. The summed E-state index contributed by atoms with van der Waals surface area (Å²) in [5.41, 5.74) is 3.94. The highest BCUT2D eigenvalue weighted by atomic mass is 16.5. The number of aromatic nitrogens is 1. The van der Waals surface area contributed by atoms with E-state index in [0.717, 1.165) is 33.7 Å². The van der Waals surface area contributed by atoms with Crippen LogP contribution in [0, 0.1) is 0 Å². The zero-order valence-corrected chi connectivity index (χ0v) is 17.2. The van der Waals surface area contributed by atoms with Crippen LogP contribution < -0.4 is 20.7 Å². The van der Waals surface area contributed by atoms with E-state index in [9.17, 15) is 4.79 Å². The van der Waals surface area contributed by atoms with Gasteiger partial charge in [0.1, 0.15) is 12.4 Å². The van der Waals surface area contributed by atoms with Crippen LogP contribution in [0.4, 0.5) is 17.1 Å². The Balaban J connectivity index is 1.30. The van der Waals surface area contributed by atoms with Crippen molar-refractivity contribution in [2.75, 3.05) is 29.1 Å². The van der Waals surface area contributed by atoms with Crippen molar-refractivity contribution in [2.45, 2.75) is 12.5 Å². The smallest absolute Gasteiger partial charge is 0.255 e. The molecule has 1 atom stereocenters. The van der Waals surface area contributed by atoms with Crippen LogP contribution in [0.15, 0.2) is 79.0 Å². The second kappa shape index (κ2) is 7.72. The normalized spacial score (nSPS) is 17.3. The SMILES string of the molecule is CC1(CNc2ccccc2)COc2ccc(C(=O)Nc3ccc4[nH]ccc4c3)cc2N1. The molecule has 1 aliphatic heterocycles. The maximum atomic E-state index is 12.8. The van der Waals surface area contributed by atoms with E-state index in [1.807, 2.05) is 72.9 Å². The largest absolute Gasteiger partial charge is 0.489 e. The Kier molecular flexibility index (Phi) is 4.75. The van der Waals surface area contributed by atoms with E-state index in [0.29, 0.717) is 18.7 Å². The molecule has 4 aromatic rings. The summed E-state index contributed by atoms with van der Waals surface area (Å²) in [4.78, 5) is 16.0. The molecule has 1 aromatic heterocycles. The Labute approximate surface area is 180 Å². The van der Waals surface area contributed by atoms with Crippen LogP contribution in [0.3, 0.4) is 0 Å². The first-order chi connectivity index (χ1) is 15.1. The summed E-state index contributed by atoms with van der Waals surface area (Å²) >= 11 is 0. The molecule has 1 aliphatic rings. The third kappa shape index (κ3) is 4.05. The molecule has 6 nitrogen and oxygen atoms in total. The third-order valence-electron chi connectivity index (χ3n) is 5.49. The molecule has 1 amide bonds. The number of aromatic amines is 1. The van der Waals surface area contributed by atoms with Crippen molar-refractivity contribution in [1.82, 2.24) is 4.98 Å². The van der Waals surface area contributed by atoms with Gasteiger partial charge in [0, 0.05) is 40.6 Å². The fourth-order valence-electron chi connectivity index (χ4n) is 3.78. The van der Waals surface area contributed by atoms with Crippen molar-refractivity contribution in [3.05, 3.63) is 84.6 Å². The van der Waals surface area contributed by atoms with Crippen molar-refractivity contribution in [1.29, 1.82) is 0 Å². The zero-order valence-electron chi connectivity index (χ0n) is 17.2. The van der Waals surface area contributed by atoms with E-state index in [2.05, 4.69) is 27.9 Å². The molecule has 2 heterocycles. The number of amides is 1. The molecular formula is C25H24N4O2. The molecule has 0 aliphatic carbocycles. The van der Waals surface area contributed by atoms with Gasteiger partial charge in [0.15, 0.2) is 0 Å². The van der Waals surface area contributed by atoms with Gasteiger partial charge in [-0.25, -0.2) is 0 Å². The highest BCUT2D eigenvalue weighted by Crippen LogP contribution is 2.34. The number of hydrogen-bond acceptors (Lipinski definition) is 4. The molecule has 4 N–H and O–H groups in total. The summed E-state index contributed by atoms with van der Waals surface area (Å²) in [5.74, 6) is 0.594. The predicted octanol–water partition coefficient (Wildman–Crippen LogP) is 5.10. The molecule has 0 bridgehead atoms. The van der Waals surface area contributed by atoms with Gasteiger partial charge in [0.2, 0.25) is 0 Å². The topological polar surface area (TPSA) is 78.2 Å². The lowest BCUT2D eigenvalue weighted by Crippen LogP contribution is -2.49. The van der Waals surface area contributed by atoms with E-state index in [1.54, 1.807) is 6.07 Å². The Bertz CT molecular complexity index is 1230. The highest BCUT2D eigenvalue weighted by molar-refractivity contribution is 6.06. The Hall–Kier alpha value is -3.93. The average molecular weight is 412 g/mol. The van der Waals surface area contributed by atoms with E-state index in [1.165, 1.54) is 0 Å². The molecule has 156 valence electrons. The summed E-state index contributed by atoms with van der Waals surface area (Å²) in [6, 6.07) is 23.3. The Morgan fingerprint density at radius 1 is 1.03 bits per heavy atom. The van der Waals surface area contributed by atoms with E-state index in [4.69, 9.17) is 4.74 Å². The number of hydrogen-bond donors (Lipinski definition) is 4. The maximum Gasteiger partial charge on any atom is 0.255 e.